The summed E-state index contributed by atoms with van der Waals surface area (Å²) in [6, 6.07) is 14.4. The number of carbonyl (C=O) groups is 1. The lowest BCUT2D eigenvalue weighted by Gasteiger charge is -2.30. The number of benzene rings is 2. The third-order valence-corrected chi connectivity index (χ3v) is 4.48. The quantitative estimate of drug-likeness (QED) is 0.765. The number of likely N-dealkylation sites (N-methyl/N-ethyl adjacent to an activating group) is 1. The fourth-order valence-electron chi connectivity index (χ4n) is 3.08. The standard InChI is InChI=1S/C20H19N3O4/c1-2-23(11-18-21-14-8-4-3-7-13(14)19(24)22-18)20(25)17-12-26-15-9-5-6-10-16(15)27-17/h3-10,17H,2,11-12H2,1H3,(H,21,22,24)/t17-/m0/s1. The van der Waals surface area contributed by atoms with Crippen LogP contribution in [0.4, 0.5) is 0 Å². The molecule has 1 atom stereocenters. The van der Waals surface area contributed by atoms with Crippen LogP contribution in [-0.4, -0.2) is 40.0 Å². The van der Waals surface area contributed by atoms with Gasteiger partial charge in [0.15, 0.2) is 11.5 Å². The van der Waals surface area contributed by atoms with Crippen LogP contribution in [0.15, 0.2) is 53.3 Å². The van der Waals surface area contributed by atoms with Gasteiger partial charge in [-0.3, -0.25) is 9.59 Å². The maximum Gasteiger partial charge on any atom is 0.267 e. The Balaban J connectivity index is 1.54. The Morgan fingerprint density at radius 2 is 1.93 bits per heavy atom. The Labute approximate surface area is 155 Å². The average molecular weight is 365 g/mol. The van der Waals surface area contributed by atoms with E-state index in [4.69, 9.17) is 9.47 Å². The highest BCUT2D eigenvalue weighted by Crippen LogP contribution is 2.31. The molecule has 0 fully saturated rings. The highest BCUT2D eigenvalue weighted by molar-refractivity contribution is 5.82. The molecule has 0 saturated heterocycles. The van der Waals surface area contributed by atoms with Crippen LogP contribution in [0, 0.1) is 0 Å². The summed E-state index contributed by atoms with van der Waals surface area (Å²) in [4.78, 5) is 33.9. The molecule has 138 valence electrons. The lowest BCUT2D eigenvalue weighted by Crippen LogP contribution is -2.46. The highest BCUT2D eigenvalue weighted by atomic mass is 16.6. The lowest BCUT2D eigenvalue weighted by atomic mass is 10.2. The van der Waals surface area contributed by atoms with Crippen molar-refractivity contribution in [3.8, 4) is 11.5 Å². The first-order valence-electron chi connectivity index (χ1n) is 8.81. The van der Waals surface area contributed by atoms with E-state index < -0.39 is 6.10 Å². The predicted octanol–water partition coefficient (Wildman–Crippen LogP) is 2.11. The maximum atomic E-state index is 12.9. The third-order valence-electron chi connectivity index (χ3n) is 4.48. The van der Waals surface area contributed by atoms with Crippen molar-refractivity contribution in [2.75, 3.05) is 13.2 Å². The molecule has 1 aromatic heterocycles. The SMILES string of the molecule is CCN(Cc1nc2ccccc2c(=O)[nH]1)C(=O)[C@@H]1COc2ccccc2O1. The number of amides is 1. The number of rotatable bonds is 4. The molecule has 0 spiro atoms. The van der Waals surface area contributed by atoms with Crippen molar-refractivity contribution in [3.05, 3.63) is 64.7 Å². The van der Waals surface area contributed by atoms with Gasteiger partial charge in [-0.25, -0.2) is 4.98 Å². The molecular formula is C20H19N3O4. The number of aromatic nitrogens is 2. The minimum atomic E-state index is -0.730. The molecular weight excluding hydrogens is 346 g/mol. The fourth-order valence-corrected chi connectivity index (χ4v) is 3.08. The molecule has 0 saturated carbocycles. The van der Waals surface area contributed by atoms with Gasteiger partial charge in [-0.1, -0.05) is 24.3 Å². The Morgan fingerprint density at radius 1 is 1.19 bits per heavy atom. The molecule has 0 bridgehead atoms. The van der Waals surface area contributed by atoms with E-state index in [0.717, 1.165) is 0 Å². The number of aromatic amines is 1. The molecule has 1 N–H and O–H groups in total. The first-order chi connectivity index (χ1) is 13.2. The fraction of sp³-hybridized carbons (Fsp3) is 0.250. The Kier molecular flexibility index (Phi) is 4.50. The lowest BCUT2D eigenvalue weighted by molar-refractivity contribution is -0.141. The summed E-state index contributed by atoms with van der Waals surface area (Å²) in [5.41, 5.74) is 0.385. The second-order valence-corrected chi connectivity index (χ2v) is 6.25. The van der Waals surface area contributed by atoms with Crippen molar-refractivity contribution in [1.82, 2.24) is 14.9 Å². The molecule has 0 unspecified atom stereocenters. The van der Waals surface area contributed by atoms with E-state index in [1.165, 1.54) is 0 Å². The van der Waals surface area contributed by atoms with Gasteiger partial charge in [0.2, 0.25) is 6.10 Å². The van der Waals surface area contributed by atoms with Gasteiger partial charge in [-0.15, -0.1) is 0 Å². The normalized spacial score (nSPS) is 15.5. The summed E-state index contributed by atoms with van der Waals surface area (Å²) in [7, 11) is 0. The number of ether oxygens (including phenoxy) is 2. The molecule has 27 heavy (non-hydrogen) atoms. The smallest absolute Gasteiger partial charge is 0.267 e. The van der Waals surface area contributed by atoms with Crippen molar-refractivity contribution in [3.63, 3.8) is 0 Å². The second kappa shape index (κ2) is 7.11. The van der Waals surface area contributed by atoms with Gasteiger partial charge in [0.1, 0.15) is 12.4 Å². The second-order valence-electron chi connectivity index (χ2n) is 6.25. The van der Waals surface area contributed by atoms with E-state index in [0.29, 0.717) is 34.8 Å². The Morgan fingerprint density at radius 3 is 2.74 bits per heavy atom. The molecule has 2 aromatic carbocycles. The summed E-state index contributed by atoms with van der Waals surface area (Å²) in [6.07, 6.45) is -0.730. The van der Waals surface area contributed by atoms with E-state index >= 15 is 0 Å². The van der Waals surface area contributed by atoms with Crippen molar-refractivity contribution in [2.45, 2.75) is 19.6 Å². The summed E-state index contributed by atoms with van der Waals surface area (Å²) in [6.45, 7) is 2.66. The van der Waals surface area contributed by atoms with Gasteiger partial charge >= 0.3 is 0 Å². The minimum absolute atomic E-state index is 0.147. The van der Waals surface area contributed by atoms with Gasteiger partial charge in [0, 0.05) is 6.54 Å². The number of H-pyrrole nitrogens is 1. The van der Waals surface area contributed by atoms with Crippen molar-refractivity contribution >= 4 is 16.8 Å². The van der Waals surface area contributed by atoms with Crippen LogP contribution in [0.1, 0.15) is 12.7 Å². The first kappa shape index (κ1) is 17.1. The summed E-state index contributed by atoms with van der Waals surface area (Å²) >= 11 is 0. The number of para-hydroxylation sites is 3. The minimum Gasteiger partial charge on any atom is -0.485 e. The molecule has 1 aliphatic rings. The van der Waals surface area contributed by atoms with Crippen molar-refractivity contribution in [2.24, 2.45) is 0 Å². The topological polar surface area (TPSA) is 84.5 Å². The van der Waals surface area contributed by atoms with Crippen LogP contribution in [0.25, 0.3) is 10.9 Å². The van der Waals surface area contributed by atoms with E-state index in [-0.39, 0.29) is 24.6 Å². The molecule has 0 radical (unpaired) electrons. The van der Waals surface area contributed by atoms with Gasteiger partial charge in [0.05, 0.1) is 17.4 Å². The number of carbonyl (C=O) groups excluding carboxylic acids is 1. The van der Waals surface area contributed by atoms with Crippen LogP contribution < -0.4 is 15.0 Å². The molecule has 7 heteroatoms. The zero-order chi connectivity index (χ0) is 18.8. The Bertz CT molecular complexity index is 1050. The number of nitrogens with one attached hydrogen (secondary N) is 1. The molecule has 4 rings (SSSR count). The third kappa shape index (κ3) is 3.36. The molecule has 0 aliphatic carbocycles. The van der Waals surface area contributed by atoms with Crippen LogP contribution in [-0.2, 0) is 11.3 Å². The van der Waals surface area contributed by atoms with Crippen LogP contribution in [0.3, 0.4) is 0 Å². The average Bonchev–Trinajstić information content (AvgIpc) is 2.71. The number of nitrogens with zero attached hydrogens (tertiary/aromatic N) is 2. The van der Waals surface area contributed by atoms with E-state index in [9.17, 15) is 9.59 Å². The van der Waals surface area contributed by atoms with E-state index in [1.54, 1.807) is 35.2 Å². The number of fused-ring (bicyclic) bond motifs is 2. The summed E-state index contributed by atoms with van der Waals surface area (Å²) < 4.78 is 11.4. The van der Waals surface area contributed by atoms with Crippen LogP contribution in [0.2, 0.25) is 0 Å². The highest BCUT2D eigenvalue weighted by Gasteiger charge is 2.30. The molecule has 1 amide bonds. The van der Waals surface area contributed by atoms with Crippen LogP contribution in [0.5, 0.6) is 11.5 Å². The first-order valence-corrected chi connectivity index (χ1v) is 8.81. The van der Waals surface area contributed by atoms with Crippen molar-refractivity contribution < 1.29 is 14.3 Å². The number of hydrogen-bond donors (Lipinski definition) is 1. The largest absolute Gasteiger partial charge is 0.485 e. The Hall–Kier alpha value is -3.35. The molecule has 3 aromatic rings. The van der Waals surface area contributed by atoms with Gasteiger partial charge in [-0.05, 0) is 31.2 Å². The summed E-state index contributed by atoms with van der Waals surface area (Å²) in [5, 5.41) is 0.524. The summed E-state index contributed by atoms with van der Waals surface area (Å²) in [5.74, 6) is 1.41. The zero-order valence-corrected chi connectivity index (χ0v) is 14.8. The molecule has 7 nitrogen and oxygen atoms in total. The van der Waals surface area contributed by atoms with Crippen LogP contribution >= 0.6 is 0 Å². The molecule has 1 aliphatic heterocycles. The van der Waals surface area contributed by atoms with Gasteiger partial charge < -0.3 is 19.4 Å². The van der Waals surface area contributed by atoms with Crippen molar-refractivity contribution in [1.29, 1.82) is 0 Å². The van der Waals surface area contributed by atoms with E-state index in [1.807, 2.05) is 25.1 Å². The zero-order valence-electron chi connectivity index (χ0n) is 14.8. The number of hydrogen-bond acceptors (Lipinski definition) is 5. The maximum absolute atomic E-state index is 12.9. The van der Waals surface area contributed by atoms with E-state index in [2.05, 4.69) is 9.97 Å². The predicted molar refractivity (Wildman–Crippen MR) is 99.8 cm³/mol. The molecule has 2 heterocycles. The van der Waals surface area contributed by atoms with Gasteiger partial charge in [0.25, 0.3) is 11.5 Å². The van der Waals surface area contributed by atoms with Gasteiger partial charge in [-0.2, -0.15) is 0 Å². The monoisotopic (exact) mass is 365 g/mol.